The van der Waals surface area contributed by atoms with Gasteiger partial charge in [-0.3, -0.25) is 9.36 Å². The maximum atomic E-state index is 13.0. The molecular weight excluding hydrogens is 357 g/mol. The van der Waals surface area contributed by atoms with Crippen molar-refractivity contribution in [2.75, 3.05) is 0 Å². The lowest BCUT2D eigenvalue weighted by molar-refractivity contribution is 0.0994. The van der Waals surface area contributed by atoms with E-state index in [1.165, 1.54) is 36.0 Å². The number of benzene rings is 1. The second-order valence-electron chi connectivity index (χ2n) is 6.02. The molecule has 0 unspecified atom stereocenters. The molecule has 2 aromatic heterocycles. The van der Waals surface area contributed by atoms with Crippen LogP contribution in [0.1, 0.15) is 36.2 Å². The molecule has 3 aromatic rings. The highest BCUT2D eigenvalue weighted by molar-refractivity contribution is 8.00. The van der Waals surface area contributed by atoms with E-state index in [2.05, 4.69) is 14.8 Å². The smallest absolute Gasteiger partial charge is 0.192 e. The van der Waals surface area contributed by atoms with Gasteiger partial charge in [0.1, 0.15) is 5.82 Å². The quantitative estimate of drug-likeness (QED) is 0.458. The van der Waals surface area contributed by atoms with Crippen molar-refractivity contribution in [3.8, 4) is 10.7 Å². The summed E-state index contributed by atoms with van der Waals surface area (Å²) in [7, 11) is 0. The number of thioether (sulfide) groups is 1. The second-order valence-corrected chi connectivity index (χ2v) is 8.27. The third-order valence-corrected chi connectivity index (χ3v) is 6.02. The first-order valence-corrected chi connectivity index (χ1v) is 9.84. The van der Waals surface area contributed by atoms with Crippen molar-refractivity contribution in [3.63, 3.8) is 0 Å². The van der Waals surface area contributed by atoms with E-state index >= 15 is 0 Å². The molecule has 7 heteroatoms. The maximum Gasteiger partial charge on any atom is 0.192 e. The SMILES string of the molecule is C[C@@H](Sc1nnc(-c2cccs2)n1C1CC1)C(=O)c1ccc(F)cc1. The van der Waals surface area contributed by atoms with Crippen LogP contribution in [-0.2, 0) is 0 Å². The van der Waals surface area contributed by atoms with E-state index in [0.717, 1.165) is 28.7 Å². The maximum absolute atomic E-state index is 13.0. The minimum Gasteiger partial charge on any atom is -0.298 e. The Balaban J connectivity index is 1.58. The van der Waals surface area contributed by atoms with Gasteiger partial charge < -0.3 is 0 Å². The molecule has 1 fully saturated rings. The molecule has 0 radical (unpaired) electrons. The van der Waals surface area contributed by atoms with Crippen molar-refractivity contribution >= 4 is 28.9 Å². The van der Waals surface area contributed by atoms with Gasteiger partial charge in [0.2, 0.25) is 0 Å². The van der Waals surface area contributed by atoms with E-state index in [0.29, 0.717) is 11.6 Å². The minimum atomic E-state index is -0.342. The van der Waals surface area contributed by atoms with Crippen molar-refractivity contribution in [2.45, 2.75) is 36.2 Å². The third kappa shape index (κ3) is 3.39. The van der Waals surface area contributed by atoms with Gasteiger partial charge in [0.25, 0.3) is 0 Å². The van der Waals surface area contributed by atoms with Gasteiger partial charge in [0.05, 0.1) is 10.1 Å². The van der Waals surface area contributed by atoms with E-state index in [4.69, 9.17) is 0 Å². The molecule has 0 saturated heterocycles. The van der Waals surface area contributed by atoms with E-state index in [-0.39, 0.29) is 16.9 Å². The molecule has 1 aliphatic rings. The molecule has 1 aromatic carbocycles. The Hall–Kier alpha value is -1.99. The molecule has 4 nitrogen and oxygen atoms in total. The zero-order valence-corrected chi connectivity index (χ0v) is 15.2. The van der Waals surface area contributed by atoms with Gasteiger partial charge in [-0.25, -0.2) is 4.39 Å². The summed E-state index contributed by atoms with van der Waals surface area (Å²) in [6, 6.07) is 10.1. The summed E-state index contributed by atoms with van der Waals surface area (Å²) in [5.74, 6) is 0.500. The first kappa shape index (κ1) is 16.5. The third-order valence-electron chi connectivity index (χ3n) is 4.10. The summed E-state index contributed by atoms with van der Waals surface area (Å²) in [5.41, 5.74) is 0.511. The average Bonchev–Trinajstić information content (AvgIpc) is 3.14. The van der Waals surface area contributed by atoms with Crippen molar-refractivity contribution in [1.29, 1.82) is 0 Å². The summed E-state index contributed by atoms with van der Waals surface area (Å²) in [5, 5.41) is 11.2. The Labute approximate surface area is 153 Å². The summed E-state index contributed by atoms with van der Waals surface area (Å²) >= 11 is 3.05. The first-order chi connectivity index (χ1) is 12.1. The number of rotatable bonds is 6. The van der Waals surface area contributed by atoms with Crippen LogP contribution in [0.25, 0.3) is 10.7 Å². The number of aromatic nitrogens is 3. The van der Waals surface area contributed by atoms with E-state index in [1.54, 1.807) is 11.3 Å². The van der Waals surface area contributed by atoms with Crippen LogP contribution < -0.4 is 0 Å². The van der Waals surface area contributed by atoms with Crippen molar-refractivity contribution in [1.82, 2.24) is 14.8 Å². The van der Waals surface area contributed by atoms with Crippen LogP contribution >= 0.6 is 23.1 Å². The normalized spacial score (nSPS) is 15.3. The van der Waals surface area contributed by atoms with E-state index < -0.39 is 0 Å². The largest absolute Gasteiger partial charge is 0.298 e. The fraction of sp³-hybridized carbons (Fsp3) is 0.278. The Morgan fingerprint density at radius 3 is 2.68 bits per heavy atom. The van der Waals surface area contributed by atoms with Gasteiger partial charge >= 0.3 is 0 Å². The Morgan fingerprint density at radius 2 is 2.04 bits per heavy atom. The van der Waals surface area contributed by atoms with Crippen molar-refractivity contribution in [2.24, 2.45) is 0 Å². The highest BCUT2D eigenvalue weighted by Gasteiger charge is 2.31. The Bertz CT molecular complexity index is 886. The molecule has 1 saturated carbocycles. The number of carbonyl (C=O) groups excluding carboxylic acids is 1. The fourth-order valence-corrected chi connectivity index (χ4v) is 4.36. The zero-order chi connectivity index (χ0) is 17.4. The van der Waals surface area contributed by atoms with Crippen LogP contribution in [0.4, 0.5) is 4.39 Å². The molecule has 4 rings (SSSR count). The molecule has 25 heavy (non-hydrogen) atoms. The number of thiophene rings is 1. The lowest BCUT2D eigenvalue weighted by Gasteiger charge is -2.12. The first-order valence-electron chi connectivity index (χ1n) is 8.08. The molecule has 0 amide bonds. The molecule has 1 aliphatic carbocycles. The Morgan fingerprint density at radius 1 is 1.28 bits per heavy atom. The fourth-order valence-electron chi connectivity index (χ4n) is 2.65. The molecule has 0 spiro atoms. The van der Waals surface area contributed by atoms with Crippen LogP contribution in [0.15, 0.2) is 46.9 Å². The molecule has 0 aliphatic heterocycles. The lowest BCUT2D eigenvalue weighted by atomic mass is 10.1. The molecular formula is C18H16FN3OS2. The summed E-state index contributed by atoms with van der Waals surface area (Å²) in [4.78, 5) is 13.7. The van der Waals surface area contributed by atoms with Crippen LogP contribution in [0, 0.1) is 5.82 Å². The van der Waals surface area contributed by atoms with Crippen LogP contribution in [0.3, 0.4) is 0 Å². The number of hydrogen-bond donors (Lipinski definition) is 0. The molecule has 2 heterocycles. The molecule has 1 atom stereocenters. The van der Waals surface area contributed by atoms with Crippen LogP contribution in [-0.4, -0.2) is 25.8 Å². The number of ketones is 1. The van der Waals surface area contributed by atoms with Crippen molar-refractivity contribution in [3.05, 3.63) is 53.2 Å². The van der Waals surface area contributed by atoms with Gasteiger partial charge in [-0.1, -0.05) is 17.8 Å². The minimum absolute atomic E-state index is 0.0342. The van der Waals surface area contributed by atoms with Crippen LogP contribution in [0.2, 0.25) is 0 Å². The average molecular weight is 373 g/mol. The second kappa shape index (κ2) is 6.72. The van der Waals surface area contributed by atoms with E-state index in [1.807, 2.05) is 24.4 Å². The zero-order valence-electron chi connectivity index (χ0n) is 13.6. The predicted octanol–water partition coefficient (Wildman–Crippen LogP) is 4.84. The molecule has 0 N–H and O–H groups in total. The van der Waals surface area contributed by atoms with Gasteiger partial charge in [-0.15, -0.1) is 21.5 Å². The number of Topliss-reactive ketones (excluding diaryl/α,β-unsaturated/α-hetero) is 1. The number of halogens is 1. The number of nitrogens with zero attached hydrogens (tertiary/aromatic N) is 3. The van der Waals surface area contributed by atoms with Crippen LogP contribution in [0.5, 0.6) is 0 Å². The van der Waals surface area contributed by atoms with Gasteiger partial charge in [0.15, 0.2) is 16.8 Å². The number of hydrogen-bond acceptors (Lipinski definition) is 5. The van der Waals surface area contributed by atoms with Gasteiger partial charge in [0, 0.05) is 11.6 Å². The topological polar surface area (TPSA) is 47.8 Å². The highest BCUT2D eigenvalue weighted by Crippen LogP contribution is 2.42. The van der Waals surface area contributed by atoms with E-state index in [9.17, 15) is 9.18 Å². The highest BCUT2D eigenvalue weighted by atomic mass is 32.2. The summed E-state index contributed by atoms with van der Waals surface area (Å²) in [6.45, 7) is 1.85. The summed E-state index contributed by atoms with van der Waals surface area (Å²) in [6.07, 6.45) is 2.23. The van der Waals surface area contributed by atoms with Gasteiger partial charge in [-0.2, -0.15) is 0 Å². The van der Waals surface area contributed by atoms with Crippen molar-refractivity contribution < 1.29 is 9.18 Å². The summed E-state index contributed by atoms with van der Waals surface area (Å²) < 4.78 is 15.2. The lowest BCUT2D eigenvalue weighted by Crippen LogP contribution is -2.14. The monoisotopic (exact) mass is 373 g/mol. The number of carbonyl (C=O) groups is 1. The predicted molar refractivity (Wildman–Crippen MR) is 97.7 cm³/mol. The molecule has 128 valence electrons. The standard InChI is InChI=1S/C18H16FN3OS2/c1-11(16(23)12-4-6-13(19)7-5-12)25-18-21-20-17(15-3-2-10-24-15)22(18)14-8-9-14/h2-7,10-11,14H,8-9H2,1H3/t11-/m1/s1. The van der Waals surface area contributed by atoms with Gasteiger partial charge in [-0.05, 0) is 55.5 Å². The Kier molecular flexibility index (Phi) is 4.43. The molecule has 0 bridgehead atoms.